The molecule has 0 radical (unpaired) electrons. The summed E-state index contributed by atoms with van der Waals surface area (Å²) in [5.41, 5.74) is -3.84. The van der Waals surface area contributed by atoms with Crippen molar-refractivity contribution in [1.82, 2.24) is 20.5 Å². The van der Waals surface area contributed by atoms with Crippen molar-refractivity contribution >= 4 is 12.1 Å². The molecule has 6 N–H and O–H groups in total. The van der Waals surface area contributed by atoms with Gasteiger partial charge >= 0.3 is 12.1 Å². The summed E-state index contributed by atoms with van der Waals surface area (Å²) in [4.78, 5) is 33.9. The van der Waals surface area contributed by atoms with Gasteiger partial charge in [0.1, 0.15) is 23.9 Å². The summed E-state index contributed by atoms with van der Waals surface area (Å²) < 4.78 is 43.9. The van der Waals surface area contributed by atoms with Crippen LogP contribution >= 0.6 is 0 Å². The number of nitrogens with zero attached hydrogens (tertiary/aromatic N) is 2. The lowest BCUT2D eigenvalue weighted by Crippen LogP contribution is -2.61. The number of esters is 1. The maximum atomic E-state index is 14.6. The first-order chi connectivity index (χ1) is 28.4. The molecule has 61 heavy (non-hydrogen) atoms. The van der Waals surface area contributed by atoms with Gasteiger partial charge < -0.3 is 69.1 Å². The molecule has 0 bridgehead atoms. The zero-order valence-electron chi connectivity index (χ0n) is 38.6. The molecule has 0 spiro atoms. The number of aliphatic hydroxyl groups excluding tert-OH is 2. The molecule has 350 valence electrons. The number of carbonyl (C=O) groups excluding carboxylic acids is 2. The van der Waals surface area contributed by atoms with Crippen molar-refractivity contribution in [3.05, 3.63) is 30.1 Å². The third kappa shape index (κ3) is 12.6. The lowest BCUT2D eigenvalue weighted by molar-refractivity contribution is -0.318. The zero-order valence-corrected chi connectivity index (χ0v) is 38.6. The summed E-state index contributed by atoms with van der Waals surface area (Å²) in [6.45, 7) is 17.9. The van der Waals surface area contributed by atoms with E-state index in [0.29, 0.717) is 13.0 Å². The maximum absolute atomic E-state index is 14.6. The van der Waals surface area contributed by atoms with Gasteiger partial charge in [0.25, 0.3) is 0 Å². The first kappa shape index (κ1) is 51.1. The number of aromatic nitrogens is 1. The van der Waals surface area contributed by atoms with Gasteiger partial charge in [-0.2, -0.15) is 0 Å². The summed E-state index contributed by atoms with van der Waals surface area (Å²) in [5, 5.41) is 53.8. The highest BCUT2D eigenvalue weighted by molar-refractivity contribution is 5.73. The third-order valence-electron chi connectivity index (χ3n) is 13.1. The number of amides is 1. The fourth-order valence-electron chi connectivity index (χ4n) is 9.41. The van der Waals surface area contributed by atoms with E-state index in [-0.39, 0.29) is 43.9 Å². The minimum atomic E-state index is -1.91. The van der Waals surface area contributed by atoms with Crippen molar-refractivity contribution in [2.75, 3.05) is 27.7 Å². The third-order valence-corrected chi connectivity index (χ3v) is 13.1. The molecule has 0 saturated carbocycles. The summed E-state index contributed by atoms with van der Waals surface area (Å²) in [7, 11) is 5.25. The maximum Gasteiger partial charge on any atom is 0.407 e. The summed E-state index contributed by atoms with van der Waals surface area (Å²) in [6.07, 6.45) is -6.30. The van der Waals surface area contributed by atoms with Crippen LogP contribution in [0.2, 0.25) is 0 Å². The molecule has 18 atom stereocenters. The molecule has 3 aliphatic heterocycles. The van der Waals surface area contributed by atoms with Gasteiger partial charge in [0, 0.05) is 50.5 Å². The Labute approximate surface area is 362 Å². The van der Waals surface area contributed by atoms with E-state index in [1.165, 1.54) is 14.0 Å². The normalized spacial score (nSPS) is 43.4. The average Bonchev–Trinajstić information content (AvgIpc) is 3.20. The molecule has 4 heterocycles. The molecule has 4 rings (SSSR count). The predicted molar refractivity (Wildman–Crippen MR) is 225 cm³/mol. The Morgan fingerprint density at radius 2 is 1.72 bits per heavy atom. The second-order valence-corrected chi connectivity index (χ2v) is 18.8. The number of rotatable bonds is 10. The minimum absolute atomic E-state index is 0.100. The highest BCUT2D eigenvalue weighted by Crippen LogP contribution is 2.40. The molecule has 17 heteroatoms. The summed E-state index contributed by atoms with van der Waals surface area (Å²) in [6, 6.07) is 2.58. The van der Waals surface area contributed by atoms with Crippen LogP contribution in [-0.2, 0) is 44.5 Å². The van der Waals surface area contributed by atoms with Crippen LogP contribution in [0.3, 0.4) is 0 Å². The number of nitrogens with one attached hydrogen (secondary N) is 2. The van der Waals surface area contributed by atoms with E-state index in [1.54, 1.807) is 73.0 Å². The highest BCUT2D eigenvalue weighted by atomic mass is 16.7. The summed E-state index contributed by atoms with van der Waals surface area (Å²) in [5.74, 6) is -2.85. The molecular formula is C44H76N4O13. The van der Waals surface area contributed by atoms with Crippen LogP contribution < -0.4 is 10.6 Å². The first-order valence-electron chi connectivity index (χ1n) is 21.9. The van der Waals surface area contributed by atoms with Crippen LogP contribution in [0.5, 0.6) is 0 Å². The lowest BCUT2D eigenvalue weighted by Gasteiger charge is -2.48. The molecule has 1 aromatic rings. The second kappa shape index (κ2) is 21.4. The number of ether oxygens (including phenoxy) is 7. The van der Waals surface area contributed by atoms with Crippen LogP contribution in [0.4, 0.5) is 4.79 Å². The van der Waals surface area contributed by atoms with Crippen LogP contribution in [0, 0.1) is 17.8 Å². The standard InChI is InChI=1S/C44H76N4O13/c1-14-32-44(10,54)38(61-41(52)47-23-30-16-15-17-45-22-30)28(6)46-21-24(2)19-42(8,53)37(60-40-34(49)31(48(11)12)18-25(3)56-40)26(4)35(27(5)39(51)58-32)59-33-20-43(9,55-13)36(50)29(7)57-33/h15-17,22,24-29,31-38,40,46,49-50,53-54H,14,18-21,23H2,1-13H3,(H,47,52)/t24-,25-,26+,27-,28+,29+,31+,32+,33+,34-,35+,36+,37-,38-,40+,42-,43-,44-/m1/s1. The monoisotopic (exact) mass is 869 g/mol. The van der Waals surface area contributed by atoms with Gasteiger partial charge in [-0.15, -0.1) is 0 Å². The molecule has 1 amide bonds. The van der Waals surface area contributed by atoms with Gasteiger partial charge in [0.2, 0.25) is 0 Å². The number of likely N-dealkylation sites (N-methyl/N-ethyl adjacent to an activating group) is 1. The number of carbonyl (C=O) groups is 2. The van der Waals surface area contributed by atoms with Crippen molar-refractivity contribution in [2.45, 2.75) is 192 Å². The lowest BCUT2D eigenvalue weighted by atomic mass is 9.77. The number of aliphatic hydroxyl groups is 4. The van der Waals surface area contributed by atoms with Crippen LogP contribution in [0.25, 0.3) is 0 Å². The summed E-state index contributed by atoms with van der Waals surface area (Å²) >= 11 is 0. The number of hydrogen-bond acceptors (Lipinski definition) is 16. The van der Waals surface area contributed by atoms with Crippen LogP contribution in [0.1, 0.15) is 100 Å². The predicted octanol–water partition coefficient (Wildman–Crippen LogP) is 2.89. The Hall–Kier alpha value is -2.55. The van der Waals surface area contributed by atoms with Gasteiger partial charge in [-0.05, 0) is 106 Å². The van der Waals surface area contributed by atoms with E-state index >= 15 is 0 Å². The molecule has 3 aliphatic rings. The Bertz CT molecular complexity index is 1540. The molecule has 3 fully saturated rings. The van der Waals surface area contributed by atoms with Gasteiger partial charge in [0.15, 0.2) is 18.7 Å². The van der Waals surface area contributed by atoms with Crippen molar-refractivity contribution in [3.63, 3.8) is 0 Å². The van der Waals surface area contributed by atoms with Gasteiger partial charge in [-0.1, -0.05) is 26.8 Å². The molecule has 1 aromatic heterocycles. The van der Waals surface area contributed by atoms with Gasteiger partial charge in [0.05, 0.1) is 41.5 Å². The quantitative estimate of drug-likeness (QED) is 0.186. The highest BCUT2D eigenvalue weighted by Gasteiger charge is 2.53. The first-order valence-corrected chi connectivity index (χ1v) is 21.9. The van der Waals surface area contributed by atoms with Gasteiger partial charge in [-0.25, -0.2) is 4.79 Å². The van der Waals surface area contributed by atoms with Gasteiger partial charge in [-0.3, -0.25) is 9.78 Å². The number of hydrogen-bond donors (Lipinski definition) is 6. The van der Waals surface area contributed by atoms with Crippen LogP contribution in [-0.4, -0.2) is 160 Å². The second-order valence-electron chi connectivity index (χ2n) is 18.8. The Morgan fingerprint density at radius 3 is 2.33 bits per heavy atom. The molecule has 17 nitrogen and oxygen atoms in total. The molecule has 0 unspecified atom stereocenters. The number of methoxy groups -OCH3 is 1. The number of cyclic esters (lactones) is 1. The van der Waals surface area contributed by atoms with E-state index in [4.69, 9.17) is 33.2 Å². The molecule has 3 saturated heterocycles. The van der Waals surface area contributed by atoms with E-state index in [9.17, 15) is 30.0 Å². The number of alkyl carbamates (subject to hydrolysis) is 1. The van der Waals surface area contributed by atoms with E-state index in [1.807, 2.05) is 32.8 Å². The number of pyridine rings is 1. The van der Waals surface area contributed by atoms with E-state index in [2.05, 4.69) is 15.6 Å². The fraction of sp³-hybridized carbons (Fsp3) is 0.841. The Kier molecular flexibility index (Phi) is 17.9. The fourth-order valence-corrected chi connectivity index (χ4v) is 9.41. The SMILES string of the molecule is CC[C@@H]1OC(=O)[C@H](C)[C@@H](O[C@H]2C[C@@](C)(OC)[C@@H](O)[C@H](C)O2)[C@H](C)[C@@H](O[C@@H]2O[C@H](C)C[C@H](N(C)C)[C@H]2O)[C@](C)(O)C[C@@H](C)CN[C@@H](C)[C@@H](OC(=O)NCc2cccnc2)[C@]1(C)O. The van der Waals surface area contributed by atoms with Crippen LogP contribution in [0.15, 0.2) is 24.5 Å². The van der Waals surface area contributed by atoms with Crippen molar-refractivity contribution in [1.29, 1.82) is 0 Å². The smallest absolute Gasteiger partial charge is 0.407 e. The van der Waals surface area contributed by atoms with E-state index in [0.717, 1.165) is 5.56 Å². The van der Waals surface area contributed by atoms with E-state index < -0.39 is 102 Å². The largest absolute Gasteiger partial charge is 0.459 e. The Balaban J connectivity index is 1.77. The van der Waals surface area contributed by atoms with Crippen molar-refractivity contribution in [3.8, 4) is 0 Å². The minimum Gasteiger partial charge on any atom is -0.459 e. The topological polar surface area (TPSA) is 220 Å². The average molecular weight is 869 g/mol. The Morgan fingerprint density at radius 1 is 1.03 bits per heavy atom. The van der Waals surface area contributed by atoms with Crippen molar-refractivity contribution < 1.29 is 63.2 Å². The molecular weight excluding hydrogens is 792 g/mol. The molecule has 0 aromatic carbocycles. The molecule has 0 aliphatic carbocycles. The zero-order chi connectivity index (χ0) is 45.6. The van der Waals surface area contributed by atoms with Crippen molar-refractivity contribution in [2.24, 2.45) is 17.8 Å².